The van der Waals surface area contributed by atoms with Crippen LogP contribution in [0.5, 0.6) is 0 Å². The molecule has 2 aromatic heterocycles. The molecule has 1 aliphatic rings. The lowest BCUT2D eigenvalue weighted by molar-refractivity contribution is -0.127. The molecule has 7 nitrogen and oxygen atoms in total. The Morgan fingerprint density at radius 1 is 1.05 bits per heavy atom. The Labute approximate surface area is 234 Å². The van der Waals surface area contributed by atoms with Crippen molar-refractivity contribution in [3.8, 4) is 16.9 Å². The highest BCUT2D eigenvalue weighted by atomic mass is 35.5. The molecule has 10 heteroatoms. The topological polar surface area (TPSA) is 103 Å². The fourth-order valence-electron chi connectivity index (χ4n) is 4.49. The van der Waals surface area contributed by atoms with Crippen LogP contribution in [-0.2, 0) is 16.0 Å². The average Bonchev–Trinajstić information content (AvgIpc) is 3.59. The fourth-order valence-corrected chi connectivity index (χ4v) is 6.22. The number of hydrogen-bond donors (Lipinski definition) is 2. The smallest absolute Gasteiger partial charge is 0.240 e. The number of nitrogens with one attached hydrogen (secondary N) is 1. The van der Waals surface area contributed by atoms with Crippen LogP contribution in [0.4, 0.5) is 0 Å². The molecule has 0 saturated carbocycles. The summed E-state index contributed by atoms with van der Waals surface area (Å²) in [6.07, 6.45) is 5.25. The summed E-state index contributed by atoms with van der Waals surface area (Å²) in [6, 6.07) is 20.0. The summed E-state index contributed by atoms with van der Waals surface area (Å²) in [7, 11) is 0. The Bertz CT molecular complexity index is 1450. The van der Waals surface area contributed by atoms with Crippen LogP contribution in [0.25, 0.3) is 16.9 Å². The number of amides is 2. The van der Waals surface area contributed by atoms with Gasteiger partial charge in [-0.15, -0.1) is 11.8 Å². The van der Waals surface area contributed by atoms with Crippen LogP contribution in [0, 0.1) is 0 Å². The third-order valence-corrected chi connectivity index (χ3v) is 8.75. The van der Waals surface area contributed by atoms with Crippen LogP contribution in [0.1, 0.15) is 29.3 Å². The van der Waals surface area contributed by atoms with E-state index in [2.05, 4.69) is 10.3 Å². The molecular weight excluding hydrogens is 541 g/mol. The molecule has 0 bridgehead atoms. The van der Waals surface area contributed by atoms with Gasteiger partial charge in [0.1, 0.15) is 6.04 Å². The van der Waals surface area contributed by atoms with Crippen LogP contribution in [0.15, 0.2) is 79.1 Å². The number of halogens is 2. The maximum atomic E-state index is 13.2. The quantitative estimate of drug-likeness (QED) is 0.298. The zero-order valence-electron chi connectivity index (χ0n) is 20.3. The van der Waals surface area contributed by atoms with Gasteiger partial charge in [0.2, 0.25) is 11.8 Å². The van der Waals surface area contributed by atoms with Crippen molar-refractivity contribution in [3.05, 3.63) is 100 Å². The lowest BCUT2D eigenvalue weighted by Crippen LogP contribution is -2.48. The molecule has 1 saturated heterocycles. The van der Waals surface area contributed by atoms with E-state index >= 15 is 0 Å². The standard InChI is InChI=1S/C28H25Cl2N5O2S/c29-20-9-8-19(14-21(20)30)35-24(15-22(34-35)18-7-4-12-32-16-18)25-10-11-26(38-25)28(37)33-23(27(31)36)13-17-5-2-1-3-6-17/h1-9,12,14-16,23,25-26H,10-11,13H2,(H2,31,36)(H,33,37)/t23-,25?,26?/m0/s1. The Morgan fingerprint density at radius 2 is 1.87 bits per heavy atom. The number of benzene rings is 2. The fraction of sp³-hybridized carbons (Fsp3) is 0.214. The highest BCUT2D eigenvalue weighted by Crippen LogP contribution is 2.46. The van der Waals surface area contributed by atoms with Crippen LogP contribution in [0.2, 0.25) is 10.0 Å². The predicted molar refractivity (Wildman–Crippen MR) is 151 cm³/mol. The van der Waals surface area contributed by atoms with Gasteiger partial charge in [0.05, 0.1) is 32.4 Å². The zero-order valence-corrected chi connectivity index (χ0v) is 22.6. The molecule has 194 valence electrons. The van der Waals surface area contributed by atoms with Gasteiger partial charge in [-0.2, -0.15) is 5.10 Å². The van der Waals surface area contributed by atoms with Gasteiger partial charge in [0.15, 0.2) is 0 Å². The van der Waals surface area contributed by atoms with Gasteiger partial charge >= 0.3 is 0 Å². The number of aromatic nitrogens is 3. The molecule has 0 spiro atoms. The normalized spacial score (nSPS) is 17.7. The highest BCUT2D eigenvalue weighted by molar-refractivity contribution is 8.01. The second kappa shape index (κ2) is 11.6. The van der Waals surface area contributed by atoms with E-state index in [1.807, 2.05) is 59.3 Å². The van der Waals surface area contributed by atoms with Crippen LogP contribution >= 0.6 is 35.0 Å². The molecular formula is C28H25Cl2N5O2S. The molecule has 38 heavy (non-hydrogen) atoms. The Morgan fingerprint density at radius 3 is 2.58 bits per heavy atom. The second-order valence-corrected chi connectivity index (χ2v) is 11.3. The number of rotatable bonds is 8. The van der Waals surface area contributed by atoms with Gasteiger partial charge in [-0.3, -0.25) is 14.6 Å². The Balaban J connectivity index is 1.37. The first-order valence-electron chi connectivity index (χ1n) is 12.1. The lowest BCUT2D eigenvalue weighted by Gasteiger charge is -2.18. The van der Waals surface area contributed by atoms with Gasteiger partial charge in [0, 0.05) is 29.6 Å². The maximum absolute atomic E-state index is 13.2. The zero-order chi connectivity index (χ0) is 26.6. The number of primary amides is 1. The summed E-state index contributed by atoms with van der Waals surface area (Å²) in [5.41, 5.74) is 9.92. The minimum atomic E-state index is -0.775. The van der Waals surface area contributed by atoms with E-state index in [1.54, 1.807) is 36.3 Å². The van der Waals surface area contributed by atoms with Crippen molar-refractivity contribution in [2.75, 3.05) is 0 Å². The number of nitrogens with zero attached hydrogens (tertiary/aromatic N) is 3. The van der Waals surface area contributed by atoms with Crippen LogP contribution in [-0.4, -0.2) is 37.9 Å². The van der Waals surface area contributed by atoms with Gasteiger partial charge in [-0.05, 0) is 54.8 Å². The van der Waals surface area contributed by atoms with Crippen molar-refractivity contribution in [2.45, 2.75) is 35.8 Å². The molecule has 2 amide bonds. The van der Waals surface area contributed by atoms with E-state index in [-0.39, 0.29) is 16.4 Å². The molecule has 2 unspecified atom stereocenters. The molecule has 0 aliphatic carbocycles. The van der Waals surface area contributed by atoms with E-state index < -0.39 is 11.9 Å². The third kappa shape index (κ3) is 5.88. The molecule has 3 atom stereocenters. The first-order valence-corrected chi connectivity index (χ1v) is 13.8. The predicted octanol–water partition coefficient (Wildman–Crippen LogP) is 5.39. The Hall–Kier alpha value is -3.33. The van der Waals surface area contributed by atoms with Gasteiger partial charge in [0.25, 0.3) is 0 Å². The summed E-state index contributed by atoms with van der Waals surface area (Å²) in [5.74, 6) is -0.745. The molecule has 0 radical (unpaired) electrons. The number of pyridine rings is 1. The summed E-state index contributed by atoms with van der Waals surface area (Å²) in [4.78, 5) is 29.5. The molecule has 1 fully saturated rings. The van der Waals surface area contributed by atoms with Crippen molar-refractivity contribution in [2.24, 2.45) is 5.73 Å². The number of carbonyl (C=O) groups is 2. The molecule has 2 aromatic carbocycles. The van der Waals surface area contributed by atoms with E-state index in [1.165, 1.54) is 0 Å². The SMILES string of the molecule is NC(=O)[C@H](Cc1ccccc1)NC(=O)C1CCC(c2cc(-c3cccnc3)nn2-c2ccc(Cl)c(Cl)c2)S1. The second-order valence-electron chi connectivity index (χ2n) is 9.05. The first-order chi connectivity index (χ1) is 18.4. The van der Waals surface area contributed by atoms with Crippen molar-refractivity contribution < 1.29 is 9.59 Å². The monoisotopic (exact) mass is 565 g/mol. The van der Waals surface area contributed by atoms with Crippen LogP contribution in [0.3, 0.4) is 0 Å². The average molecular weight is 567 g/mol. The molecule has 3 N–H and O–H groups in total. The minimum absolute atomic E-state index is 0.000670. The van der Waals surface area contributed by atoms with E-state index in [4.69, 9.17) is 34.0 Å². The number of hydrogen-bond acceptors (Lipinski definition) is 5. The maximum Gasteiger partial charge on any atom is 0.240 e. The van der Waals surface area contributed by atoms with Crippen molar-refractivity contribution in [1.82, 2.24) is 20.1 Å². The van der Waals surface area contributed by atoms with Crippen molar-refractivity contribution in [1.29, 1.82) is 0 Å². The Kier molecular flexibility index (Phi) is 8.02. The molecule has 4 aromatic rings. The van der Waals surface area contributed by atoms with E-state index in [0.29, 0.717) is 22.9 Å². The van der Waals surface area contributed by atoms with Crippen molar-refractivity contribution in [3.63, 3.8) is 0 Å². The van der Waals surface area contributed by atoms with Crippen LogP contribution < -0.4 is 11.1 Å². The molecule has 1 aliphatic heterocycles. The van der Waals surface area contributed by atoms with Gasteiger partial charge in [-0.25, -0.2) is 4.68 Å². The number of carbonyl (C=O) groups excluding carboxylic acids is 2. The van der Waals surface area contributed by atoms with E-state index in [9.17, 15) is 9.59 Å². The lowest BCUT2D eigenvalue weighted by atomic mass is 10.0. The molecule has 5 rings (SSSR count). The number of nitrogens with two attached hydrogens (primary N) is 1. The first kappa shape index (κ1) is 26.3. The van der Waals surface area contributed by atoms with E-state index in [0.717, 1.165) is 34.6 Å². The largest absolute Gasteiger partial charge is 0.368 e. The number of thioether (sulfide) groups is 1. The minimum Gasteiger partial charge on any atom is -0.368 e. The van der Waals surface area contributed by atoms with Gasteiger partial charge in [-0.1, -0.05) is 53.5 Å². The summed E-state index contributed by atoms with van der Waals surface area (Å²) >= 11 is 14.0. The highest BCUT2D eigenvalue weighted by Gasteiger charge is 2.35. The third-order valence-electron chi connectivity index (χ3n) is 6.43. The van der Waals surface area contributed by atoms with Crippen molar-refractivity contribution >= 4 is 46.8 Å². The molecule has 3 heterocycles. The summed E-state index contributed by atoms with van der Waals surface area (Å²) < 4.78 is 1.85. The summed E-state index contributed by atoms with van der Waals surface area (Å²) in [5, 5.41) is 8.30. The summed E-state index contributed by atoms with van der Waals surface area (Å²) in [6.45, 7) is 0. The van der Waals surface area contributed by atoms with Gasteiger partial charge < -0.3 is 11.1 Å².